The fourth-order valence-corrected chi connectivity index (χ4v) is 11.4. The van der Waals surface area contributed by atoms with Gasteiger partial charge in [0.15, 0.2) is 17.4 Å². The molecule has 0 bridgehead atoms. The summed E-state index contributed by atoms with van der Waals surface area (Å²) in [6.07, 6.45) is 12.6. The van der Waals surface area contributed by atoms with Crippen molar-refractivity contribution in [2.45, 2.75) is 107 Å². The highest BCUT2D eigenvalue weighted by Crippen LogP contribution is 2.57. The second-order valence-electron chi connectivity index (χ2n) is 18.4. The summed E-state index contributed by atoms with van der Waals surface area (Å²) in [6.45, 7) is 6.85. The van der Waals surface area contributed by atoms with E-state index in [1.807, 2.05) is 18.3 Å². The molecule has 9 rings (SSSR count). The van der Waals surface area contributed by atoms with Gasteiger partial charge in [0.05, 0.1) is 39.1 Å². The number of benzene rings is 2. The lowest BCUT2D eigenvalue weighted by molar-refractivity contribution is -0.120. The minimum atomic E-state index is -3.79. The van der Waals surface area contributed by atoms with Crippen LogP contribution in [0.2, 0.25) is 0 Å². The predicted octanol–water partition coefficient (Wildman–Crippen LogP) is 7.14. The number of sulfonamides is 1. The summed E-state index contributed by atoms with van der Waals surface area (Å²) in [4.78, 5) is 37.9. The van der Waals surface area contributed by atoms with Gasteiger partial charge in [0, 0.05) is 49.6 Å². The Kier molecular flexibility index (Phi) is 10.7. The lowest BCUT2D eigenvalue weighted by Gasteiger charge is -2.53. The second-order valence-corrected chi connectivity index (χ2v) is 20.6. The summed E-state index contributed by atoms with van der Waals surface area (Å²) in [6, 6.07) is 10.4. The molecular weight excluding hydrogens is 817 g/mol. The number of anilines is 1. The molecule has 5 aliphatic rings. The molecule has 4 fully saturated rings. The van der Waals surface area contributed by atoms with E-state index in [2.05, 4.69) is 25.0 Å². The molecule has 14 nitrogen and oxygen atoms in total. The summed E-state index contributed by atoms with van der Waals surface area (Å²) < 4.78 is 66.8. The molecule has 326 valence electrons. The maximum absolute atomic E-state index is 15.8. The Morgan fingerprint density at radius 3 is 2.45 bits per heavy atom. The number of nitrogens with zero attached hydrogens (tertiary/aromatic N) is 7. The number of allylic oxidation sites excluding steroid dienone is 2. The molecule has 62 heavy (non-hydrogen) atoms. The minimum absolute atomic E-state index is 0.102. The van der Waals surface area contributed by atoms with E-state index in [4.69, 9.17) is 9.72 Å². The summed E-state index contributed by atoms with van der Waals surface area (Å²) in [5.74, 6) is -1.91. The van der Waals surface area contributed by atoms with E-state index >= 15 is 8.78 Å². The van der Waals surface area contributed by atoms with E-state index in [1.165, 1.54) is 37.8 Å². The molecule has 2 aromatic carbocycles. The van der Waals surface area contributed by atoms with E-state index in [0.29, 0.717) is 33.8 Å². The average molecular weight is 868 g/mol. The number of aromatic nitrogens is 4. The third-order valence-corrected chi connectivity index (χ3v) is 16.1. The highest BCUT2D eigenvalue weighted by atomic mass is 32.2. The van der Waals surface area contributed by atoms with Crippen molar-refractivity contribution in [3.8, 4) is 11.8 Å². The Hall–Kier alpha value is -5.31. The largest absolute Gasteiger partial charge is 0.457 e. The van der Waals surface area contributed by atoms with Crippen molar-refractivity contribution in [2.24, 2.45) is 18.4 Å². The zero-order valence-corrected chi connectivity index (χ0v) is 36.1. The van der Waals surface area contributed by atoms with Crippen LogP contribution in [0.25, 0.3) is 21.9 Å². The molecule has 4 heterocycles. The maximum Gasteiger partial charge on any atom is 0.329 e. The number of ether oxygens (including phenoxy) is 1. The van der Waals surface area contributed by atoms with Crippen LogP contribution in [-0.4, -0.2) is 81.5 Å². The Labute approximate surface area is 359 Å². The average Bonchev–Trinajstić information content (AvgIpc) is 3.54. The van der Waals surface area contributed by atoms with Gasteiger partial charge < -0.3 is 9.64 Å². The Morgan fingerprint density at radius 1 is 1.02 bits per heavy atom. The first-order valence-electron chi connectivity index (χ1n) is 21.5. The number of fused-ring (bicyclic) bond motifs is 2. The summed E-state index contributed by atoms with van der Waals surface area (Å²) in [7, 11) is -2.00. The number of rotatable bonds is 9. The fourth-order valence-electron chi connectivity index (χ4n) is 10.3. The topological polar surface area (TPSA) is 175 Å². The van der Waals surface area contributed by atoms with Crippen LogP contribution in [0.3, 0.4) is 0 Å². The molecule has 3 amide bonds. The molecule has 2 atom stereocenters. The number of aryl methyl sites for hydroxylation is 1. The summed E-state index contributed by atoms with van der Waals surface area (Å²) in [5.41, 5.74) is 2.44. The number of halogens is 2. The van der Waals surface area contributed by atoms with E-state index in [1.54, 1.807) is 29.9 Å². The third kappa shape index (κ3) is 7.64. The van der Waals surface area contributed by atoms with Crippen molar-refractivity contribution in [3.05, 3.63) is 77.3 Å². The zero-order chi connectivity index (χ0) is 43.7. The molecule has 3 aliphatic carbocycles. The first-order chi connectivity index (χ1) is 29.5. The number of nitrogens with one attached hydrogen (secondary N) is 2. The predicted molar refractivity (Wildman–Crippen MR) is 229 cm³/mol. The first kappa shape index (κ1) is 42.0. The fraction of sp³-hybridized carbons (Fsp3) is 0.511. The first-order valence-corrected chi connectivity index (χ1v) is 23.1. The van der Waals surface area contributed by atoms with Crippen molar-refractivity contribution in [1.82, 2.24) is 34.7 Å². The lowest BCUT2D eigenvalue weighted by atomic mass is 9.56. The quantitative estimate of drug-likeness (QED) is 0.176. The molecule has 2 saturated carbocycles. The number of amides is 3. The number of likely N-dealkylation sites (tertiary alicyclic amines) is 1. The van der Waals surface area contributed by atoms with Gasteiger partial charge in [-0.05, 0) is 132 Å². The van der Waals surface area contributed by atoms with Crippen molar-refractivity contribution < 1.29 is 31.5 Å². The van der Waals surface area contributed by atoms with Crippen LogP contribution in [0.5, 0.6) is 5.75 Å². The van der Waals surface area contributed by atoms with Gasteiger partial charge in [0.1, 0.15) is 17.5 Å². The van der Waals surface area contributed by atoms with Crippen molar-refractivity contribution >= 4 is 49.7 Å². The molecule has 17 heteroatoms. The third-order valence-electron chi connectivity index (χ3n) is 14.1. The van der Waals surface area contributed by atoms with Crippen LogP contribution < -0.4 is 19.7 Å². The molecular formula is C45H51F2N9O5S. The van der Waals surface area contributed by atoms with Gasteiger partial charge in [-0.3, -0.25) is 24.7 Å². The highest BCUT2D eigenvalue weighted by molar-refractivity contribution is 7.90. The van der Waals surface area contributed by atoms with Crippen LogP contribution in [0.1, 0.15) is 102 Å². The van der Waals surface area contributed by atoms with Gasteiger partial charge in [-0.15, -0.1) is 0 Å². The van der Waals surface area contributed by atoms with Crippen molar-refractivity contribution in [1.29, 1.82) is 5.26 Å². The number of imide groups is 1. The summed E-state index contributed by atoms with van der Waals surface area (Å²) >= 11 is 0. The Bertz CT molecular complexity index is 2690. The van der Waals surface area contributed by atoms with Crippen LogP contribution >= 0.6 is 0 Å². The lowest BCUT2D eigenvalue weighted by Crippen LogP contribution is -2.53. The van der Waals surface area contributed by atoms with Gasteiger partial charge in [0.2, 0.25) is 15.9 Å². The minimum Gasteiger partial charge on any atom is -0.457 e. The smallest absolute Gasteiger partial charge is 0.329 e. The van der Waals surface area contributed by atoms with Gasteiger partial charge >= 0.3 is 6.03 Å². The molecule has 0 radical (unpaired) electrons. The summed E-state index contributed by atoms with van der Waals surface area (Å²) in [5, 5.41) is 16.8. The highest BCUT2D eigenvalue weighted by Gasteiger charge is 2.48. The number of hydrogen-bond donors (Lipinski definition) is 2. The molecule has 2 aliphatic heterocycles. The Morgan fingerprint density at radius 2 is 1.76 bits per heavy atom. The van der Waals surface area contributed by atoms with E-state index in [-0.39, 0.29) is 53.4 Å². The van der Waals surface area contributed by atoms with Gasteiger partial charge in [0.25, 0.3) is 0 Å². The SMILES string of the molecule is CC(C)S(=O)(=O)NC1(C)C=CC(F)=C(Oc2ccc3ncc(C4CC5(CCN(C6CCC(c7cc8c(cc7F)c(N7CCC(=O)NC7=O)nn8C)CC6)CC5)C4)nc3c2)C1C#N. The molecule has 2 N–H and O–H groups in total. The maximum atomic E-state index is 15.8. The van der Waals surface area contributed by atoms with Gasteiger partial charge in [-0.1, -0.05) is 6.08 Å². The number of carbonyl (C=O) groups is 2. The number of hydrogen-bond acceptors (Lipinski definition) is 10. The molecule has 2 saturated heterocycles. The van der Waals surface area contributed by atoms with Gasteiger partial charge in [-0.2, -0.15) is 10.4 Å². The zero-order valence-electron chi connectivity index (χ0n) is 35.3. The number of urea groups is 1. The molecule has 4 aromatic rings. The Balaban J connectivity index is 0.799. The van der Waals surface area contributed by atoms with E-state index in [9.17, 15) is 23.3 Å². The van der Waals surface area contributed by atoms with Crippen LogP contribution in [0.4, 0.5) is 19.4 Å². The van der Waals surface area contributed by atoms with Crippen molar-refractivity contribution in [2.75, 3.05) is 24.5 Å². The number of piperidine rings is 1. The molecule has 1 spiro atoms. The monoisotopic (exact) mass is 867 g/mol. The van der Waals surface area contributed by atoms with Crippen molar-refractivity contribution in [3.63, 3.8) is 0 Å². The van der Waals surface area contributed by atoms with Gasteiger partial charge in [-0.25, -0.2) is 31.7 Å². The normalized spacial score (nSPS) is 26.0. The van der Waals surface area contributed by atoms with Crippen LogP contribution in [0, 0.1) is 28.5 Å². The van der Waals surface area contributed by atoms with Crippen LogP contribution in [0.15, 0.2) is 60.3 Å². The van der Waals surface area contributed by atoms with Crippen LogP contribution in [-0.2, 0) is 21.9 Å². The number of carbonyl (C=O) groups excluding carboxylic acids is 2. The van der Waals surface area contributed by atoms with E-state index in [0.717, 1.165) is 81.7 Å². The van der Waals surface area contributed by atoms with E-state index < -0.39 is 38.6 Å². The second kappa shape index (κ2) is 15.8. The molecule has 2 aromatic heterocycles. The molecule has 2 unspecified atom stereocenters. The number of nitriles is 1. The standard InChI is InChI=1S/C45H51F2N9O5S/c1-26(2)62(59,60)53-44(3)13-11-34(46)41(33(44)24-48)61-30-9-10-36-37(19-30)50-38(25-49-36)28-22-45(23-28)14-17-55(18-15-45)29-7-5-27(6-8-29)31-21-39-32(20-35(31)47)42(52-54(39)4)56-16-12-40(57)51-43(56)58/h9-11,13,19-21,25-29,33,53H,5-8,12,14-18,22-23H2,1-4H3,(H,51,57,58).